The highest BCUT2D eigenvalue weighted by Gasteiger charge is 2.28. The van der Waals surface area contributed by atoms with Crippen LogP contribution in [0.2, 0.25) is 0 Å². The van der Waals surface area contributed by atoms with E-state index >= 15 is 0 Å². The number of piperidine rings is 1. The van der Waals surface area contributed by atoms with Crippen LogP contribution >= 0.6 is 0 Å². The first-order valence-electron chi connectivity index (χ1n) is 8.85. The number of oxazole rings is 1. The van der Waals surface area contributed by atoms with Gasteiger partial charge in [0, 0.05) is 31.7 Å². The number of hydrogen-bond donors (Lipinski definition) is 0. The number of imidazole rings is 1. The summed E-state index contributed by atoms with van der Waals surface area (Å²) in [5, 5.41) is 0. The Hall–Kier alpha value is -3.15. The summed E-state index contributed by atoms with van der Waals surface area (Å²) in [5.41, 5.74) is 3.19. The minimum absolute atomic E-state index is 0.0430. The van der Waals surface area contributed by atoms with E-state index < -0.39 is 0 Å². The smallest absolute Gasteiger partial charge is 0.255 e. The van der Waals surface area contributed by atoms with Gasteiger partial charge >= 0.3 is 0 Å². The Balaban J connectivity index is 1.40. The lowest BCUT2D eigenvalue weighted by Crippen LogP contribution is -2.39. The van der Waals surface area contributed by atoms with Crippen molar-refractivity contribution in [3.8, 4) is 0 Å². The molecule has 1 atom stereocenters. The van der Waals surface area contributed by atoms with Crippen LogP contribution in [0.5, 0.6) is 0 Å². The van der Waals surface area contributed by atoms with Crippen LogP contribution in [0.4, 0.5) is 0 Å². The van der Waals surface area contributed by atoms with Crippen LogP contribution in [0.25, 0.3) is 16.7 Å². The lowest BCUT2D eigenvalue weighted by atomic mass is 9.97. The van der Waals surface area contributed by atoms with Crippen LogP contribution in [0.1, 0.15) is 35.0 Å². The van der Waals surface area contributed by atoms with Crippen molar-refractivity contribution >= 4 is 22.7 Å². The summed E-state index contributed by atoms with van der Waals surface area (Å²) >= 11 is 0. The summed E-state index contributed by atoms with van der Waals surface area (Å²) < 4.78 is 7.80. The molecule has 1 aliphatic heterocycles. The van der Waals surface area contributed by atoms with Crippen molar-refractivity contribution in [2.45, 2.75) is 18.8 Å². The molecule has 1 aromatic carbocycles. The van der Waals surface area contributed by atoms with Gasteiger partial charge < -0.3 is 13.7 Å². The Morgan fingerprint density at radius 3 is 3.04 bits per heavy atom. The molecule has 5 rings (SSSR count). The average Bonchev–Trinajstić information content (AvgIpc) is 3.33. The molecule has 0 bridgehead atoms. The lowest BCUT2D eigenvalue weighted by Gasteiger charge is -2.31. The molecular weight excluding hydrogens is 328 g/mol. The molecule has 130 valence electrons. The maximum Gasteiger partial charge on any atom is 0.255 e. The van der Waals surface area contributed by atoms with Crippen molar-refractivity contribution in [1.29, 1.82) is 0 Å². The van der Waals surface area contributed by atoms with Crippen LogP contribution in [-0.2, 0) is 0 Å². The fraction of sp³-hybridized carbons (Fsp3) is 0.250. The minimum Gasteiger partial charge on any atom is -0.440 e. The molecule has 1 amide bonds. The van der Waals surface area contributed by atoms with Gasteiger partial charge in [-0.05, 0) is 37.1 Å². The number of benzene rings is 1. The highest BCUT2D eigenvalue weighted by molar-refractivity contribution is 5.94. The van der Waals surface area contributed by atoms with Gasteiger partial charge in [0.15, 0.2) is 11.5 Å². The number of amides is 1. The number of carbonyl (C=O) groups excluding carboxylic acids is 1. The van der Waals surface area contributed by atoms with Crippen molar-refractivity contribution < 1.29 is 9.21 Å². The molecule has 0 saturated carbocycles. The normalized spacial score (nSPS) is 17.8. The van der Waals surface area contributed by atoms with Crippen LogP contribution in [-0.4, -0.2) is 38.3 Å². The summed E-state index contributed by atoms with van der Waals surface area (Å²) in [6, 6.07) is 11.5. The first kappa shape index (κ1) is 15.1. The molecule has 6 nitrogen and oxygen atoms in total. The first-order valence-corrected chi connectivity index (χ1v) is 8.85. The van der Waals surface area contributed by atoms with E-state index in [-0.39, 0.29) is 11.8 Å². The number of aromatic nitrogens is 3. The molecule has 26 heavy (non-hydrogen) atoms. The van der Waals surface area contributed by atoms with E-state index in [0.29, 0.717) is 12.1 Å². The number of pyridine rings is 1. The molecule has 0 aliphatic carbocycles. The molecular formula is C20H18N4O2. The van der Waals surface area contributed by atoms with Crippen LogP contribution in [0.15, 0.2) is 59.4 Å². The summed E-state index contributed by atoms with van der Waals surface area (Å²) in [7, 11) is 0. The quantitative estimate of drug-likeness (QED) is 0.557. The summed E-state index contributed by atoms with van der Waals surface area (Å²) in [6.45, 7) is 1.39. The molecule has 1 unspecified atom stereocenters. The lowest BCUT2D eigenvalue weighted by molar-refractivity contribution is 0.0698. The number of likely N-dealkylation sites (tertiary alicyclic amines) is 1. The second-order valence-corrected chi connectivity index (χ2v) is 6.72. The van der Waals surface area contributed by atoms with Crippen molar-refractivity contribution in [1.82, 2.24) is 19.3 Å². The Morgan fingerprint density at radius 1 is 1.19 bits per heavy atom. The first-order chi connectivity index (χ1) is 12.8. The van der Waals surface area contributed by atoms with Gasteiger partial charge in [0.05, 0.1) is 11.5 Å². The third-order valence-corrected chi connectivity index (χ3v) is 5.00. The van der Waals surface area contributed by atoms with Gasteiger partial charge in [0.2, 0.25) is 0 Å². The van der Waals surface area contributed by atoms with Gasteiger partial charge in [0.1, 0.15) is 11.2 Å². The summed E-state index contributed by atoms with van der Waals surface area (Å²) in [6.07, 6.45) is 7.35. The molecule has 0 N–H and O–H groups in total. The van der Waals surface area contributed by atoms with E-state index in [1.54, 1.807) is 6.20 Å². The molecule has 0 spiro atoms. The number of rotatable bonds is 2. The zero-order valence-corrected chi connectivity index (χ0v) is 14.2. The second-order valence-electron chi connectivity index (χ2n) is 6.72. The Labute approximate surface area is 150 Å². The Kier molecular flexibility index (Phi) is 3.48. The third-order valence-electron chi connectivity index (χ3n) is 5.00. The minimum atomic E-state index is 0.0430. The van der Waals surface area contributed by atoms with Gasteiger partial charge in [-0.3, -0.25) is 4.79 Å². The van der Waals surface area contributed by atoms with Crippen molar-refractivity contribution in [2.75, 3.05) is 13.1 Å². The summed E-state index contributed by atoms with van der Waals surface area (Å²) in [5.74, 6) is 0.909. The molecule has 4 heterocycles. The molecule has 1 aliphatic rings. The predicted molar refractivity (Wildman–Crippen MR) is 97.1 cm³/mol. The molecule has 0 radical (unpaired) electrons. The maximum atomic E-state index is 13.0. The van der Waals surface area contributed by atoms with E-state index in [4.69, 9.17) is 4.42 Å². The Bertz CT molecular complexity index is 1060. The standard InChI is InChI=1S/C20H18N4O2/c25-20(15-7-8-18-21-9-11-23(18)13-15)24-10-3-4-14(12-24)19-22-16-5-1-2-6-17(16)26-19/h1-2,5-9,11,13-14H,3-4,10,12H2. The van der Waals surface area contributed by atoms with E-state index in [1.165, 1.54) is 0 Å². The van der Waals surface area contributed by atoms with Crippen LogP contribution in [0.3, 0.4) is 0 Å². The number of para-hydroxylation sites is 2. The fourth-order valence-corrected chi connectivity index (χ4v) is 3.66. The van der Waals surface area contributed by atoms with Gasteiger partial charge in [-0.2, -0.15) is 0 Å². The van der Waals surface area contributed by atoms with E-state index in [9.17, 15) is 4.79 Å². The molecule has 6 heteroatoms. The molecule has 4 aromatic rings. The second kappa shape index (κ2) is 5.98. The molecule has 3 aromatic heterocycles. The van der Waals surface area contributed by atoms with Gasteiger partial charge in [-0.15, -0.1) is 0 Å². The van der Waals surface area contributed by atoms with E-state index in [1.807, 2.05) is 58.1 Å². The van der Waals surface area contributed by atoms with Crippen molar-refractivity contribution in [3.05, 3.63) is 66.4 Å². The van der Waals surface area contributed by atoms with Crippen molar-refractivity contribution in [3.63, 3.8) is 0 Å². The highest BCUT2D eigenvalue weighted by atomic mass is 16.3. The largest absolute Gasteiger partial charge is 0.440 e. The SMILES string of the molecule is O=C(c1ccc2nccn2c1)N1CCCC(c2nc3ccccc3o2)C1. The van der Waals surface area contributed by atoms with Crippen LogP contribution in [0, 0.1) is 0 Å². The van der Waals surface area contributed by atoms with Gasteiger partial charge in [0.25, 0.3) is 5.91 Å². The highest BCUT2D eigenvalue weighted by Crippen LogP contribution is 2.29. The van der Waals surface area contributed by atoms with Crippen molar-refractivity contribution in [2.24, 2.45) is 0 Å². The van der Waals surface area contributed by atoms with Gasteiger partial charge in [-0.25, -0.2) is 9.97 Å². The third kappa shape index (κ3) is 2.54. The maximum absolute atomic E-state index is 13.0. The number of carbonyl (C=O) groups is 1. The Morgan fingerprint density at radius 2 is 2.12 bits per heavy atom. The summed E-state index contributed by atoms with van der Waals surface area (Å²) in [4.78, 5) is 23.7. The molecule has 1 saturated heterocycles. The topological polar surface area (TPSA) is 63.6 Å². The monoisotopic (exact) mass is 346 g/mol. The van der Waals surface area contributed by atoms with E-state index in [0.717, 1.165) is 42.0 Å². The zero-order valence-electron chi connectivity index (χ0n) is 14.2. The number of fused-ring (bicyclic) bond motifs is 2. The molecule has 1 fully saturated rings. The zero-order chi connectivity index (χ0) is 17.5. The fourth-order valence-electron chi connectivity index (χ4n) is 3.66. The van der Waals surface area contributed by atoms with Gasteiger partial charge in [-0.1, -0.05) is 12.1 Å². The van der Waals surface area contributed by atoms with E-state index in [2.05, 4.69) is 9.97 Å². The number of hydrogen-bond acceptors (Lipinski definition) is 4. The van der Waals surface area contributed by atoms with Crippen LogP contribution < -0.4 is 0 Å². The average molecular weight is 346 g/mol. The predicted octanol–water partition coefficient (Wildman–Crippen LogP) is 3.50. The number of nitrogens with zero attached hydrogens (tertiary/aromatic N) is 4.